The molecule has 6 nitrogen and oxygen atoms in total. The summed E-state index contributed by atoms with van der Waals surface area (Å²) < 4.78 is 0.689. The third-order valence-electron chi connectivity index (χ3n) is 4.12. The molecule has 0 aliphatic carbocycles. The standard InChI is InChI=1S/C19H18BrN3O3/c1-22(2)18(25)12-7-9-13(10-8-12)21-15-11-17(24)23(19(15)26)16-6-4-3-5-14(16)20/h3-10,15,21H,11H2,1-2H3/t15-/m1/s1. The second-order valence-electron chi connectivity index (χ2n) is 6.20. The summed E-state index contributed by atoms with van der Waals surface area (Å²) in [7, 11) is 3.38. The molecule has 1 heterocycles. The van der Waals surface area contributed by atoms with Gasteiger partial charge in [-0.15, -0.1) is 0 Å². The van der Waals surface area contributed by atoms with Crippen LogP contribution in [0.25, 0.3) is 0 Å². The van der Waals surface area contributed by atoms with E-state index in [1.165, 1.54) is 9.80 Å². The topological polar surface area (TPSA) is 69.7 Å². The lowest BCUT2D eigenvalue weighted by Crippen LogP contribution is -2.35. The second-order valence-corrected chi connectivity index (χ2v) is 7.05. The van der Waals surface area contributed by atoms with Crippen LogP contribution in [0.4, 0.5) is 11.4 Å². The number of anilines is 2. The molecule has 0 unspecified atom stereocenters. The van der Waals surface area contributed by atoms with E-state index in [0.717, 1.165) is 0 Å². The number of rotatable bonds is 4. The lowest BCUT2D eigenvalue weighted by atomic mass is 10.1. The summed E-state index contributed by atoms with van der Waals surface area (Å²) in [5.74, 6) is -0.641. The van der Waals surface area contributed by atoms with Gasteiger partial charge >= 0.3 is 0 Å². The average molecular weight is 416 g/mol. The number of imide groups is 1. The summed E-state index contributed by atoms with van der Waals surface area (Å²) in [6.07, 6.45) is 0.0819. The Kier molecular flexibility index (Phi) is 5.08. The molecule has 0 radical (unpaired) electrons. The Morgan fingerprint density at radius 1 is 1.12 bits per heavy atom. The third-order valence-corrected chi connectivity index (χ3v) is 4.79. The maximum Gasteiger partial charge on any atom is 0.256 e. The van der Waals surface area contributed by atoms with Gasteiger partial charge in [0.2, 0.25) is 5.91 Å². The fraction of sp³-hybridized carbons (Fsp3) is 0.211. The van der Waals surface area contributed by atoms with E-state index < -0.39 is 6.04 Å². The van der Waals surface area contributed by atoms with Crippen molar-refractivity contribution in [1.29, 1.82) is 0 Å². The number of amides is 3. The van der Waals surface area contributed by atoms with E-state index in [1.807, 2.05) is 6.07 Å². The molecular weight excluding hydrogens is 398 g/mol. The molecule has 1 aliphatic rings. The molecule has 3 rings (SSSR count). The number of nitrogens with one attached hydrogen (secondary N) is 1. The Morgan fingerprint density at radius 2 is 1.77 bits per heavy atom. The highest BCUT2D eigenvalue weighted by Crippen LogP contribution is 2.31. The fourth-order valence-electron chi connectivity index (χ4n) is 2.80. The maximum atomic E-state index is 12.7. The molecule has 134 valence electrons. The van der Waals surface area contributed by atoms with E-state index >= 15 is 0 Å². The zero-order valence-corrected chi connectivity index (χ0v) is 16.0. The summed E-state index contributed by atoms with van der Waals surface area (Å²) in [6, 6.07) is 13.3. The van der Waals surface area contributed by atoms with Gasteiger partial charge in [-0.25, -0.2) is 4.90 Å². The van der Waals surface area contributed by atoms with Crippen molar-refractivity contribution in [3.8, 4) is 0 Å². The first kappa shape index (κ1) is 18.1. The molecular formula is C19H18BrN3O3. The quantitative estimate of drug-likeness (QED) is 0.779. The van der Waals surface area contributed by atoms with E-state index in [-0.39, 0.29) is 24.1 Å². The van der Waals surface area contributed by atoms with Crippen LogP contribution in [0.1, 0.15) is 16.8 Å². The number of benzene rings is 2. The molecule has 7 heteroatoms. The normalized spacial score (nSPS) is 16.7. The van der Waals surface area contributed by atoms with Gasteiger partial charge < -0.3 is 10.2 Å². The number of carbonyl (C=O) groups excluding carboxylic acids is 3. The molecule has 26 heavy (non-hydrogen) atoms. The van der Waals surface area contributed by atoms with Crippen LogP contribution in [-0.4, -0.2) is 42.8 Å². The molecule has 3 amide bonds. The van der Waals surface area contributed by atoms with Crippen molar-refractivity contribution in [3.63, 3.8) is 0 Å². The molecule has 1 atom stereocenters. The SMILES string of the molecule is CN(C)C(=O)c1ccc(N[C@@H]2CC(=O)N(c3ccccc3Br)C2=O)cc1. The summed E-state index contributed by atoms with van der Waals surface area (Å²) >= 11 is 3.38. The van der Waals surface area contributed by atoms with Gasteiger partial charge in [-0.1, -0.05) is 12.1 Å². The molecule has 1 aliphatic heterocycles. The molecule has 2 aromatic carbocycles. The van der Waals surface area contributed by atoms with E-state index in [9.17, 15) is 14.4 Å². The zero-order chi connectivity index (χ0) is 18.8. The van der Waals surface area contributed by atoms with Gasteiger partial charge in [-0.05, 0) is 52.3 Å². The zero-order valence-electron chi connectivity index (χ0n) is 14.4. The number of carbonyl (C=O) groups is 3. The Labute approximate surface area is 159 Å². The van der Waals surface area contributed by atoms with Crippen LogP contribution in [0.3, 0.4) is 0 Å². The molecule has 1 fully saturated rings. The summed E-state index contributed by atoms with van der Waals surface area (Å²) in [6.45, 7) is 0. The Balaban J connectivity index is 1.75. The van der Waals surface area contributed by atoms with Crippen molar-refractivity contribution in [2.45, 2.75) is 12.5 Å². The Hall–Kier alpha value is -2.67. The van der Waals surface area contributed by atoms with Crippen LogP contribution in [-0.2, 0) is 9.59 Å². The van der Waals surface area contributed by atoms with Crippen LogP contribution in [0, 0.1) is 0 Å². The minimum absolute atomic E-state index is 0.0819. The van der Waals surface area contributed by atoms with Crippen LogP contribution in [0.15, 0.2) is 53.0 Å². The predicted octanol–water partition coefficient (Wildman–Crippen LogP) is 2.89. The van der Waals surface area contributed by atoms with Gasteiger partial charge in [0.25, 0.3) is 11.8 Å². The number of nitrogens with zero attached hydrogens (tertiary/aromatic N) is 2. The molecule has 0 aromatic heterocycles. The van der Waals surface area contributed by atoms with Gasteiger partial charge in [0, 0.05) is 29.8 Å². The van der Waals surface area contributed by atoms with Gasteiger partial charge in [0.1, 0.15) is 6.04 Å². The molecule has 2 aromatic rings. The number of hydrogen-bond donors (Lipinski definition) is 1. The molecule has 0 bridgehead atoms. The largest absolute Gasteiger partial charge is 0.373 e. The first-order valence-corrected chi connectivity index (χ1v) is 8.87. The predicted molar refractivity (Wildman–Crippen MR) is 103 cm³/mol. The minimum Gasteiger partial charge on any atom is -0.373 e. The first-order valence-electron chi connectivity index (χ1n) is 8.08. The van der Waals surface area contributed by atoms with Gasteiger partial charge in [0.05, 0.1) is 12.1 Å². The highest BCUT2D eigenvalue weighted by molar-refractivity contribution is 9.10. The van der Waals surface area contributed by atoms with Crippen molar-refractivity contribution >= 4 is 45.0 Å². The van der Waals surface area contributed by atoms with E-state index in [4.69, 9.17) is 0 Å². The first-order chi connectivity index (χ1) is 12.4. The number of para-hydroxylation sites is 1. The van der Waals surface area contributed by atoms with Crippen molar-refractivity contribution in [2.24, 2.45) is 0 Å². The minimum atomic E-state index is -0.634. The smallest absolute Gasteiger partial charge is 0.256 e. The van der Waals surface area contributed by atoms with Gasteiger partial charge in [-0.3, -0.25) is 14.4 Å². The van der Waals surface area contributed by atoms with Crippen molar-refractivity contribution in [1.82, 2.24) is 4.90 Å². The Morgan fingerprint density at radius 3 is 2.38 bits per heavy atom. The molecule has 0 spiro atoms. The van der Waals surface area contributed by atoms with E-state index in [0.29, 0.717) is 21.4 Å². The van der Waals surface area contributed by atoms with E-state index in [1.54, 1.807) is 56.6 Å². The van der Waals surface area contributed by atoms with Crippen molar-refractivity contribution in [3.05, 3.63) is 58.6 Å². The summed E-state index contributed by atoms with van der Waals surface area (Å²) in [4.78, 5) is 39.7. The maximum absolute atomic E-state index is 12.7. The lowest BCUT2D eigenvalue weighted by Gasteiger charge is -2.17. The highest BCUT2D eigenvalue weighted by Gasteiger charge is 2.40. The van der Waals surface area contributed by atoms with Crippen LogP contribution < -0.4 is 10.2 Å². The lowest BCUT2D eigenvalue weighted by molar-refractivity contribution is -0.121. The summed E-state index contributed by atoms with van der Waals surface area (Å²) in [5, 5.41) is 3.08. The van der Waals surface area contributed by atoms with E-state index in [2.05, 4.69) is 21.2 Å². The summed E-state index contributed by atoms with van der Waals surface area (Å²) in [5.41, 5.74) is 1.78. The molecule has 1 saturated heterocycles. The van der Waals surface area contributed by atoms with Crippen molar-refractivity contribution in [2.75, 3.05) is 24.3 Å². The van der Waals surface area contributed by atoms with Crippen LogP contribution >= 0.6 is 15.9 Å². The van der Waals surface area contributed by atoms with Gasteiger partial charge in [-0.2, -0.15) is 0 Å². The van der Waals surface area contributed by atoms with Gasteiger partial charge in [0.15, 0.2) is 0 Å². The highest BCUT2D eigenvalue weighted by atomic mass is 79.9. The van der Waals surface area contributed by atoms with Crippen LogP contribution in [0.2, 0.25) is 0 Å². The second kappa shape index (κ2) is 7.29. The molecule has 0 saturated carbocycles. The van der Waals surface area contributed by atoms with Crippen molar-refractivity contribution < 1.29 is 14.4 Å². The average Bonchev–Trinajstić information content (AvgIpc) is 2.89. The fourth-order valence-corrected chi connectivity index (χ4v) is 3.26. The third kappa shape index (κ3) is 3.48. The number of halogens is 1. The number of hydrogen-bond acceptors (Lipinski definition) is 4. The van der Waals surface area contributed by atoms with Crippen LogP contribution in [0.5, 0.6) is 0 Å². The Bertz CT molecular complexity index is 865. The molecule has 1 N–H and O–H groups in total. The monoisotopic (exact) mass is 415 g/mol.